The van der Waals surface area contributed by atoms with Gasteiger partial charge in [-0.05, 0) is 48.6 Å². The highest BCUT2D eigenvalue weighted by Gasteiger charge is 2.26. The Kier molecular flexibility index (Phi) is 7.55. The standard InChI is InChI=1S/C25H29ClN4O2/c26-23-7-5-20(6-8-23)3-4-21-9-12-29(13-10-21)24(31)19-28-14-16-30(17-15-28)25(32)22-2-1-11-27-18-22/h1-8,11,18,21H,9-10,12-17,19H2/b4-3+. The normalized spacial score (nSPS) is 18.3. The quantitative estimate of drug-likeness (QED) is 0.697. The lowest BCUT2D eigenvalue weighted by atomic mass is 9.95. The average molecular weight is 453 g/mol. The van der Waals surface area contributed by atoms with Crippen LogP contribution in [-0.2, 0) is 4.79 Å². The molecular formula is C25H29ClN4O2. The zero-order valence-electron chi connectivity index (χ0n) is 18.2. The van der Waals surface area contributed by atoms with Gasteiger partial charge in [-0.2, -0.15) is 0 Å². The molecule has 2 aliphatic rings. The van der Waals surface area contributed by atoms with Gasteiger partial charge in [0.05, 0.1) is 12.1 Å². The predicted molar refractivity (Wildman–Crippen MR) is 126 cm³/mol. The van der Waals surface area contributed by atoms with Crippen molar-refractivity contribution in [2.24, 2.45) is 5.92 Å². The Morgan fingerprint density at radius 3 is 2.34 bits per heavy atom. The second-order valence-electron chi connectivity index (χ2n) is 8.44. The zero-order valence-corrected chi connectivity index (χ0v) is 19.0. The lowest BCUT2D eigenvalue weighted by Gasteiger charge is -2.36. The molecule has 2 saturated heterocycles. The molecule has 0 saturated carbocycles. The minimum Gasteiger partial charge on any atom is -0.342 e. The van der Waals surface area contributed by atoms with Crippen molar-refractivity contribution in [1.29, 1.82) is 0 Å². The number of pyridine rings is 1. The zero-order chi connectivity index (χ0) is 22.3. The molecule has 1 aromatic heterocycles. The third-order valence-corrected chi connectivity index (χ3v) is 6.50. The van der Waals surface area contributed by atoms with Crippen LogP contribution < -0.4 is 0 Å². The summed E-state index contributed by atoms with van der Waals surface area (Å²) in [5.74, 6) is 0.701. The van der Waals surface area contributed by atoms with Crippen molar-refractivity contribution in [1.82, 2.24) is 19.7 Å². The number of aromatic nitrogens is 1. The SMILES string of the molecule is O=C(CN1CCN(C(=O)c2cccnc2)CC1)N1CCC(/C=C/c2ccc(Cl)cc2)CC1. The van der Waals surface area contributed by atoms with Crippen molar-refractivity contribution >= 4 is 29.5 Å². The van der Waals surface area contributed by atoms with Crippen LogP contribution in [0.5, 0.6) is 0 Å². The van der Waals surface area contributed by atoms with Crippen LogP contribution in [0.15, 0.2) is 54.9 Å². The number of hydrogen-bond donors (Lipinski definition) is 0. The molecule has 0 N–H and O–H groups in total. The van der Waals surface area contributed by atoms with E-state index in [9.17, 15) is 9.59 Å². The Labute approximate surface area is 194 Å². The second-order valence-corrected chi connectivity index (χ2v) is 8.88. The number of allylic oxidation sites excluding steroid dienone is 1. The predicted octanol–water partition coefficient (Wildman–Crippen LogP) is 3.44. The summed E-state index contributed by atoms with van der Waals surface area (Å²) < 4.78 is 0. The number of piperazine rings is 1. The Morgan fingerprint density at radius 2 is 1.69 bits per heavy atom. The summed E-state index contributed by atoms with van der Waals surface area (Å²) in [7, 11) is 0. The van der Waals surface area contributed by atoms with Crippen molar-refractivity contribution in [2.45, 2.75) is 12.8 Å². The van der Waals surface area contributed by atoms with Gasteiger partial charge in [-0.25, -0.2) is 0 Å². The molecule has 1 aromatic carbocycles. The van der Waals surface area contributed by atoms with Crippen LogP contribution >= 0.6 is 11.6 Å². The first kappa shape index (κ1) is 22.5. The summed E-state index contributed by atoms with van der Waals surface area (Å²) >= 11 is 5.94. The van der Waals surface area contributed by atoms with E-state index in [-0.39, 0.29) is 11.8 Å². The number of amides is 2. The van der Waals surface area contributed by atoms with E-state index in [1.165, 1.54) is 0 Å². The van der Waals surface area contributed by atoms with Gasteiger partial charge in [0.2, 0.25) is 5.91 Å². The molecule has 168 valence electrons. The first-order valence-corrected chi connectivity index (χ1v) is 11.6. The third kappa shape index (κ3) is 5.96. The fourth-order valence-electron chi connectivity index (χ4n) is 4.23. The van der Waals surface area contributed by atoms with Crippen LogP contribution in [0.1, 0.15) is 28.8 Å². The highest BCUT2D eigenvalue weighted by Crippen LogP contribution is 2.21. The number of hydrogen-bond acceptors (Lipinski definition) is 4. The molecule has 0 spiro atoms. The number of benzene rings is 1. The summed E-state index contributed by atoms with van der Waals surface area (Å²) in [5, 5.41) is 0.746. The van der Waals surface area contributed by atoms with Crippen LogP contribution in [0.25, 0.3) is 6.08 Å². The maximum absolute atomic E-state index is 12.8. The van der Waals surface area contributed by atoms with Crippen molar-refractivity contribution in [2.75, 3.05) is 45.8 Å². The number of halogens is 1. The van der Waals surface area contributed by atoms with E-state index in [0.29, 0.717) is 31.1 Å². The van der Waals surface area contributed by atoms with Crippen LogP contribution in [-0.4, -0.2) is 77.3 Å². The smallest absolute Gasteiger partial charge is 0.255 e. The number of carbonyl (C=O) groups is 2. The second kappa shape index (κ2) is 10.7. The third-order valence-electron chi connectivity index (χ3n) is 6.25. The summed E-state index contributed by atoms with van der Waals surface area (Å²) in [6.45, 7) is 4.75. The summed E-state index contributed by atoms with van der Waals surface area (Å²) in [5.41, 5.74) is 1.76. The summed E-state index contributed by atoms with van der Waals surface area (Å²) in [6.07, 6.45) is 9.65. The molecule has 6 nitrogen and oxygen atoms in total. The molecule has 0 aliphatic carbocycles. The monoisotopic (exact) mass is 452 g/mol. The fraction of sp³-hybridized carbons (Fsp3) is 0.400. The molecule has 2 amide bonds. The minimum absolute atomic E-state index is 0.0119. The van der Waals surface area contributed by atoms with Gasteiger partial charge in [-0.15, -0.1) is 0 Å². The molecule has 7 heteroatoms. The molecule has 0 unspecified atom stereocenters. The van der Waals surface area contributed by atoms with Gasteiger partial charge in [0.15, 0.2) is 0 Å². The number of piperidine rings is 1. The van der Waals surface area contributed by atoms with E-state index in [0.717, 1.165) is 49.6 Å². The molecular weight excluding hydrogens is 424 g/mol. The van der Waals surface area contributed by atoms with Gasteiger partial charge in [0.1, 0.15) is 0 Å². The highest BCUT2D eigenvalue weighted by atomic mass is 35.5. The van der Waals surface area contributed by atoms with E-state index in [2.05, 4.69) is 22.0 Å². The molecule has 2 aromatic rings. The molecule has 32 heavy (non-hydrogen) atoms. The average Bonchev–Trinajstić information content (AvgIpc) is 2.84. The molecule has 0 atom stereocenters. The summed E-state index contributed by atoms with van der Waals surface area (Å²) in [6, 6.07) is 11.4. The van der Waals surface area contributed by atoms with Gasteiger partial charge in [-0.3, -0.25) is 19.5 Å². The summed E-state index contributed by atoms with van der Waals surface area (Å²) in [4.78, 5) is 35.3. The molecule has 3 heterocycles. The van der Waals surface area contributed by atoms with Crippen LogP contribution in [0.3, 0.4) is 0 Å². The first-order chi connectivity index (χ1) is 15.6. The molecule has 4 rings (SSSR count). The fourth-order valence-corrected chi connectivity index (χ4v) is 4.36. The van der Waals surface area contributed by atoms with E-state index in [1.807, 2.05) is 34.1 Å². The van der Waals surface area contributed by atoms with Crippen molar-refractivity contribution in [3.63, 3.8) is 0 Å². The lowest BCUT2D eigenvalue weighted by molar-refractivity contribution is -0.133. The van der Waals surface area contributed by atoms with Gasteiger partial charge in [0.25, 0.3) is 5.91 Å². The largest absolute Gasteiger partial charge is 0.342 e. The van der Waals surface area contributed by atoms with Crippen molar-refractivity contribution in [3.05, 3.63) is 71.0 Å². The molecule has 2 aliphatic heterocycles. The Balaban J connectivity index is 1.18. The number of rotatable bonds is 5. The first-order valence-electron chi connectivity index (χ1n) is 11.2. The van der Waals surface area contributed by atoms with E-state index >= 15 is 0 Å². The lowest BCUT2D eigenvalue weighted by Crippen LogP contribution is -2.52. The van der Waals surface area contributed by atoms with Gasteiger partial charge >= 0.3 is 0 Å². The Bertz CT molecular complexity index is 932. The molecule has 0 bridgehead atoms. The highest BCUT2D eigenvalue weighted by molar-refractivity contribution is 6.30. The number of nitrogens with zero attached hydrogens (tertiary/aromatic N) is 4. The maximum Gasteiger partial charge on any atom is 0.255 e. The van der Waals surface area contributed by atoms with Gasteiger partial charge in [-0.1, -0.05) is 35.9 Å². The van der Waals surface area contributed by atoms with Crippen molar-refractivity contribution < 1.29 is 9.59 Å². The van der Waals surface area contributed by atoms with Crippen LogP contribution in [0.2, 0.25) is 5.02 Å². The van der Waals surface area contributed by atoms with E-state index in [4.69, 9.17) is 11.6 Å². The van der Waals surface area contributed by atoms with Crippen LogP contribution in [0.4, 0.5) is 0 Å². The Hall–Kier alpha value is -2.70. The van der Waals surface area contributed by atoms with Gasteiger partial charge < -0.3 is 9.80 Å². The number of carbonyl (C=O) groups excluding carboxylic acids is 2. The molecule has 2 fully saturated rings. The minimum atomic E-state index is 0.0119. The van der Waals surface area contributed by atoms with Crippen LogP contribution in [0, 0.1) is 5.92 Å². The molecule has 0 radical (unpaired) electrons. The Morgan fingerprint density at radius 1 is 0.969 bits per heavy atom. The van der Waals surface area contributed by atoms with Gasteiger partial charge in [0, 0.05) is 56.7 Å². The maximum atomic E-state index is 12.8. The number of likely N-dealkylation sites (tertiary alicyclic amines) is 1. The van der Waals surface area contributed by atoms with E-state index < -0.39 is 0 Å². The topological polar surface area (TPSA) is 56.8 Å². The van der Waals surface area contributed by atoms with E-state index in [1.54, 1.807) is 24.5 Å². The van der Waals surface area contributed by atoms with Crippen molar-refractivity contribution in [3.8, 4) is 0 Å².